The van der Waals surface area contributed by atoms with Gasteiger partial charge in [0.25, 0.3) is 5.91 Å². The molecule has 1 N–H and O–H groups in total. The Kier molecular flexibility index (Phi) is 5.92. The summed E-state index contributed by atoms with van der Waals surface area (Å²) in [4.78, 5) is 25.7. The van der Waals surface area contributed by atoms with Gasteiger partial charge >= 0.3 is 5.97 Å². The lowest BCUT2D eigenvalue weighted by molar-refractivity contribution is -0.119. The second kappa shape index (κ2) is 8.36. The summed E-state index contributed by atoms with van der Waals surface area (Å²) in [6.45, 7) is 3.35. The predicted molar refractivity (Wildman–Crippen MR) is 105 cm³/mol. The number of esters is 1. The highest BCUT2D eigenvalue weighted by Crippen LogP contribution is 2.36. The molecule has 6 heteroatoms. The summed E-state index contributed by atoms with van der Waals surface area (Å²) >= 11 is 1.47. The van der Waals surface area contributed by atoms with Crippen LogP contribution in [-0.4, -0.2) is 18.5 Å². The molecule has 0 radical (unpaired) electrons. The average Bonchev–Trinajstić information content (AvgIpc) is 2.81. The summed E-state index contributed by atoms with van der Waals surface area (Å²) < 4.78 is 5.16. The molecule has 2 aromatic rings. The molecule has 1 amide bonds. The van der Waals surface area contributed by atoms with Crippen molar-refractivity contribution in [3.8, 4) is 6.07 Å². The van der Waals surface area contributed by atoms with E-state index in [2.05, 4.69) is 11.4 Å². The number of fused-ring (bicyclic) bond motifs is 1. The number of amides is 1. The number of hydrogen-bond acceptors (Lipinski definition) is 5. The molecule has 0 atom stereocenters. The number of nitriles is 1. The second-order valence-corrected chi connectivity index (χ2v) is 7.93. The maximum absolute atomic E-state index is 12.3. The van der Waals surface area contributed by atoms with Crippen molar-refractivity contribution in [2.24, 2.45) is 0 Å². The number of ether oxygens (including phenoxy) is 1. The van der Waals surface area contributed by atoms with Crippen molar-refractivity contribution in [3.05, 3.63) is 50.9 Å². The second-order valence-electron chi connectivity index (χ2n) is 6.82. The summed E-state index contributed by atoms with van der Waals surface area (Å²) in [5.41, 5.74) is 3.85. The number of nitrogens with one attached hydrogen (secondary N) is 1. The third kappa shape index (κ3) is 4.37. The highest BCUT2D eigenvalue weighted by atomic mass is 32.1. The van der Waals surface area contributed by atoms with Gasteiger partial charge in [0.2, 0.25) is 0 Å². The minimum atomic E-state index is -0.520. The molecule has 1 aliphatic rings. The Hall–Kier alpha value is -2.65. The van der Waals surface area contributed by atoms with Gasteiger partial charge in [-0.2, -0.15) is 5.26 Å². The van der Waals surface area contributed by atoms with E-state index in [0.29, 0.717) is 16.1 Å². The predicted octanol–water partition coefficient (Wildman–Crippen LogP) is 4.30. The third-order valence-corrected chi connectivity index (χ3v) is 5.94. The van der Waals surface area contributed by atoms with Crippen molar-refractivity contribution in [3.63, 3.8) is 0 Å². The summed E-state index contributed by atoms with van der Waals surface area (Å²) in [6.07, 6.45) is 5.18. The summed E-state index contributed by atoms with van der Waals surface area (Å²) in [7, 11) is 0. The van der Waals surface area contributed by atoms with Gasteiger partial charge in [-0.3, -0.25) is 4.79 Å². The lowest BCUT2D eigenvalue weighted by Crippen LogP contribution is -2.21. The van der Waals surface area contributed by atoms with E-state index in [0.717, 1.165) is 42.4 Å². The zero-order valence-electron chi connectivity index (χ0n) is 15.6. The molecule has 0 saturated carbocycles. The fraction of sp³-hybridized carbons (Fsp3) is 0.381. The van der Waals surface area contributed by atoms with Crippen LogP contribution in [0, 0.1) is 25.2 Å². The van der Waals surface area contributed by atoms with Gasteiger partial charge in [0.15, 0.2) is 6.61 Å². The van der Waals surface area contributed by atoms with Crippen molar-refractivity contribution in [2.45, 2.75) is 46.0 Å². The average molecular weight is 382 g/mol. The fourth-order valence-corrected chi connectivity index (χ4v) is 4.53. The molecule has 0 bridgehead atoms. The zero-order valence-corrected chi connectivity index (χ0v) is 16.4. The van der Waals surface area contributed by atoms with Gasteiger partial charge in [-0.1, -0.05) is 24.1 Å². The maximum atomic E-state index is 12.3. The fourth-order valence-electron chi connectivity index (χ4n) is 3.28. The number of nitrogens with zero attached hydrogens (tertiary/aromatic N) is 1. The molecule has 0 aliphatic heterocycles. The third-order valence-electron chi connectivity index (χ3n) is 4.73. The first-order chi connectivity index (χ1) is 13.0. The van der Waals surface area contributed by atoms with E-state index < -0.39 is 11.9 Å². The van der Waals surface area contributed by atoms with Gasteiger partial charge < -0.3 is 10.1 Å². The Morgan fingerprint density at radius 3 is 2.78 bits per heavy atom. The van der Waals surface area contributed by atoms with Crippen molar-refractivity contribution < 1.29 is 14.3 Å². The van der Waals surface area contributed by atoms with Crippen LogP contribution in [0.1, 0.15) is 56.8 Å². The normalized spacial score (nSPS) is 13.2. The molecular weight excluding hydrogens is 360 g/mol. The molecule has 0 saturated heterocycles. The van der Waals surface area contributed by atoms with Gasteiger partial charge in [-0.15, -0.1) is 11.3 Å². The van der Waals surface area contributed by atoms with Crippen LogP contribution in [0.25, 0.3) is 0 Å². The summed E-state index contributed by atoms with van der Waals surface area (Å²) in [6, 6.07) is 7.75. The van der Waals surface area contributed by atoms with E-state index in [1.165, 1.54) is 22.6 Å². The van der Waals surface area contributed by atoms with Crippen LogP contribution in [-0.2, 0) is 22.4 Å². The van der Waals surface area contributed by atoms with Crippen LogP contribution >= 0.6 is 11.3 Å². The molecule has 0 unspecified atom stereocenters. The van der Waals surface area contributed by atoms with E-state index in [9.17, 15) is 14.9 Å². The zero-order chi connectivity index (χ0) is 19.4. The number of benzene rings is 1. The molecule has 0 spiro atoms. The standard InChI is InChI=1S/C21H22N2O3S/c1-13-8-9-14(2)16(10-13)21(25)26-12-19(24)23-20-17(11-22)15-6-4-3-5-7-18(15)27-20/h8-10H,3-7,12H2,1-2H3,(H,23,24). The SMILES string of the molecule is Cc1ccc(C)c(C(=O)OCC(=O)Nc2sc3c(c2C#N)CCCCC3)c1. The molecule has 27 heavy (non-hydrogen) atoms. The molecule has 1 aliphatic carbocycles. The number of anilines is 1. The van der Waals surface area contributed by atoms with E-state index in [4.69, 9.17) is 4.74 Å². The first kappa shape index (κ1) is 19.1. The molecular formula is C21H22N2O3S. The summed E-state index contributed by atoms with van der Waals surface area (Å²) in [5.74, 6) is -0.949. The number of hydrogen-bond donors (Lipinski definition) is 1. The van der Waals surface area contributed by atoms with Gasteiger partial charge in [-0.25, -0.2) is 4.79 Å². The van der Waals surface area contributed by atoms with Crippen LogP contribution in [0.5, 0.6) is 0 Å². The molecule has 0 fully saturated rings. The highest BCUT2D eigenvalue weighted by molar-refractivity contribution is 7.16. The number of carbonyl (C=O) groups excluding carboxylic acids is 2. The monoisotopic (exact) mass is 382 g/mol. The van der Waals surface area contributed by atoms with Gasteiger partial charge in [0, 0.05) is 4.88 Å². The molecule has 5 nitrogen and oxygen atoms in total. The Morgan fingerprint density at radius 1 is 1.22 bits per heavy atom. The number of rotatable bonds is 4. The van der Waals surface area contributed by atoms with Crippen LogP contribution < -0.4 is 5.32 Å². The van der Waals surface area contributed by atoms with Crippen molar-refractivity contribution in [2.75, 3.05) is 11.9 Å². The number of thiophene rings is 1. The molecule has 140 valence electrons. The Labute approximate surface area is 163 Å². The quantitative estimate of drug-likeness (QED) is 0.631. The lowest BCUT2D eigenvalue weighted by Gasteiger charge is -2.08. The number of carbonyl (C=O) groups is 2. The van der Waals surface area contributed by atoms with Crippen LogP contribution in [0.2, 0.25) is 0 Å². The van der Waals surface area contributed by atoms with Crippen molar-refractivity contribution >= 4 is 28.2 Å². The Bertz CT molecular complexity index is 924. The van der Waals surface area contributed by atoms with Crippen molar-refractivity contribution in [1.82, 2.24) is 0 Å². The van der Waals surface area contributed by atoms with E-state index in [1.54, 1.807) is 6.07 Å². The Balaban J connectivity index is 1.65. The molecule has 1 aromatic heterocycles. The van der Waals surface area contributed by atoms with Gasteiger partial charge in [0.05, 0.1) is 11.1 Å². The lowest BCUT2D eigenvalue weighted by atomic mass is 10.1. The van der Waals surface area contributed by atoms with Crippen molar-refractivity contribution in [1.29, 1.82) is 5.26 Å². The molecule has 1 aromatic carbocycles. The number of aryl methyl sites for hydroxylation is 3. The maximum Gasteiger partial charge on any atom is 0.338 e. The van der Waals surface area contributed by atoms with E-state index >= 15 is 0 Å². The highest BCUT2D eigenvalue weighted by Gasteiger charge is 2.21. The van der Waals surface area contributed by atoms with E-state index in [-0.39, 0.29) is 6.61 Å². The van der Waals surface area contributed by atoms with Crippen LogP contribution in [0.15, 0.2) is 18.2 Å². The van der Waals surface area contributed by atoms with Crippen LogP contribution in [0.3, 0.4) is 0 Å². The molecule has 1 heterocycles. The topological polar surface area (TPSA) is 79.2 Å². The minimum absolute atomic E-state index is 0.375. The van der Waals surface area contributed by atoms with E-state index in [1.807, 2.05) is 26.0 Å². The summed E-state index contributed by atoms with van der Waals surface area (Å²) in [5, 5.41) is 12.8. The van der Waals surface area contributed by atoms with Gasteiger partial charge in [0.1, 0.15) is 11.1 Å². The van der Waals surface area contributed by atoms with Gasteiger partial charge in [-0.05, 0) is 56.7 Å². The first-order valence-corrected chi connectivity index (χ1v) is 9.90. The largest absolute Gasteiger partial charge is 0.452 e. The smallest absolute Gasteiger partial charge is 0.338 e. The van der Waals surface area contributed by atoms with Crippen LogP contribution in [0.4, 0.5) is 5.00 Å². The molecule has 3 rings (SSSR count). The minimum Gasteiger partial charge on any atom is -0.452 e. The first-order valence-electron chi connectivity index (χ1n) is 9.08. The Morgan fingerprint density at radius 2 is 2.00 bits per heavy atom.